The Morgan fingerprint density at radius 1 is 1.25 bits per heavy atom. The number of alkyl halides is 2. The van der Waals surface area contributed by atoms with E-state index in [-0.39, 0.29) is 27.7 Å². The quantitative estimate of drug-likeness (QED) is 0.563. The van der Waals surface area contributed by atoms with E-state index in [1.54, 1.807) is 6.08 Å². The SMILES string of the molecule is C=C1C[C@@H]2[C@@H](CC[C@]3(C)C(=O)C(F)C[C@@H]23)[C@@]2(C)CC(Br)C(=O)C=C12. The first kappa shape index (κ1) is 16.7. The summed E-state index contributed by atoms with van der Waals surface area (Å²) in [5.74, 6) is 0.762. The Hall–Kier alpha value is -0.770. The van der Waals surface area contributed by atoms with Crippen molar-refractivity contribution in [3.05, 3.63) is 23.8 Å². The molecule has 0 aromatic heterocycles. The normalized spacial score (nSPS) is 50.9. The Morgan fingerprint density at radius 3 is 2.67 bits per heavy atom. The van der Waals surface area contributed by atoms with E-state index in [1.807, 2.05) is 6.92 Å². The Morgan fingerprint density at radius 2 is 1.96 bits per heavy atom. The lowest BCUT2D eigenvalue weighted by atomic mass is 9.47. The van der Waals surface area contributed by atoms with Crippen molar-refractivity contribution in [1.82, 2.24) is 0 Å². The molecule has 0 aromatic rings. The van der Waals surface area contributed by atoms with Crippen LogP contribution in [0.3, 0.4) is 0 Å². The topological polar surface area (TPSA) is 34.1 Å². The maximum absolute atomic E-state index is 14.2. The summed E-state index contributed by atoms with van der Waals surface area (Å²) in [6, 6.07) is 0. The average molecular weight is 395 g/mol. The molecular formula is C20H24BrFO2. The maximum atomic E-state index is 14.2. The van der Waals surface area contributed by atoms with E-state index in [9.17, 15) is 14.0 Å². The number of ketones is 2. The van der Waals surface area contributed by atoms with Crippen molar-refractivity contribution < 1.29 is 14.0 Å². The van der Waals surface area contributed by atoms with Crippen LogP contribution in [0.5, 0.6) is 0 Å². The van der Waals surface area contributed by atoms with Gasteiger partial charge in [0.25, 0.3) is 0 Å². The Balaban J connectivity index is 1.77. The lowest BCUT2D eigenvalue weighted by Gasteiger charge is -2.57. The smallest absolute Gasteiger partial charge is 0.173 e. The Bertz CT molecular complexity index is 683. The van der Waals surface area contributed by atoms with Crippen LogP contribution in [-0.2, 0) is 9.59 Å². The summed E-state index contributed by atoms with van der Waals surface area (Å²) in [5, 5.41) is 0. The van der Waals surface area contributed by atoms with Gasteiger partial charge in [0.05, 0.1) is 4.83 Å². The highest BCUT2D eigenvalue weighted by molar-refractivity contribution is 9.10. The number of carbonyl (C=O) groups excluding carboxylic acids is 2. The van der Waals surface area contributed by atoms with Gasteiger partial charge in [0.15, 0.2) is 17.7 Å². The average Bonchev–Trinajstić information content (AvgIpc) is 2.74. The molecule has 4 aliphatic carbocycles. The molecule has 130 valence electrons. The van der Waals surface area contributed by atoms with Crippen LogP contribution < -0.4 is 0 Å². The monoisotopic (exact) mass is 394 g/mol. The first-order valence-corrected chi connectivity index (χ1v) is 9.86. The number of Topliss-reactive ketones (excluding diaryl/α,β-unsaturated/α-hetero) is 1. The highest BCUT2D eigenvalue weighted by Gasteiger charge is 2.62. The summed E-state index contributed by atoms with van der Waals surface area (Å²) in [5.41, 5.74) is 1.53. The Kier molecular flexibility index (Phi) is 3.56. The molecule has 0 aromatic carbocycles. The first-order chi connectivity index (χ1) is 11.2. The summed E-state index contributed by atoms with van der Waals surface area (Å²) >= 11 is 3.54. The van der Waals surface area contributed by atoms with E-state index in [1.165, 1.54) is 0 Å². The van der Waals surface area contributed by atoms with E-state index in [4.69, 9.17) is 0 Å². The van der Waals surface area contributed by atoms with Gasteiger partial charge in [0.2, 0.25) is 0 Å². The van der Waals surface area contributed by atoms with Gasteiger partial charge in [0.1, 0.15) is 0 Å². The molecular weight excluding hydrogens is 371 g/mol. The standard InChI is InChI=1S/C20H24BrFO2/c1-10-6-11-12(20(3)9-15(21)17(23)8-13(10)20)4-5-19(2)14(11)7-16(22)18(19)24/h8,11-12,14-16H,1,4-7,9H2,2-3H3/t11-,12-,14+,15?,16?,19+,20-/m1/s1. The van der Waals surface area contributed by atoms with Gasteiger partial charge in [-0.1, -0.05) is 41.9 Å². The molecule has 4 heteroatoms. The van der Waals surface area contributed by atoms with Crippen LogP contribution in [0.25, 0.3) is 0 Å². The van der Waals surface area contributed by atoms with E-state index < -0.39 is 11.6 Å². The van der Waals surface area contributed by atoms with Crippen molar-refractivity contribution in [3.8, 4) is 0 Å². The highest BCUT2D eigenvalue weighted by Crippen LogP contribution is 2.65. The number of fused-ring (bicyclic) bond motifs is 5. The highest BCUT2D eigenvalue weighted by atomic mass is 79.9. The van der Waals surface area contributed by atoms with Crippen molar-refractivity contribution in [1.29, 1.82) is 0 Å². The second kappa shape index (κ2) is 5.12. The second-order valence-electron chi connectivity index (χ2n) is 8.76. The molecule has 0 spiro atoms. The van der Waals surface area contributed by atoms with Crippen LogP contribution in [-0.4, -0.2) is 22.6 Å². The largest absolute Gasteiger partial charge is 0.296 e. The zero-order valence-corrected chi connectivity index (χ0v) is 15.9. The predicted octanol–water partition coefficient (Wildman–Crippen LogP) is 4.57. The van der Waals surface area contributed by atoms with Crippen LogP contribution >= 0.6 is 15.9 Å². The molecule has 0 heterocycles. The van der Waals surface area contributed by atoms with Crippen LogP contribution in [0.1, 0.15) is 46.0 Å². The minimum Gasteiger partial charge on any atom is -0.296 e. The molecule has 0 radical (unpaired) electrons. The van der Waals surface area contributed by atoms with Gasteiger partial charge in [-0.2, -0.15) is 0 Å². The summed E-state index contributed by atoms with van der Waals surface area (Å²) in [7, 11) is 0. The zero-order valence-electron chi connectivity index (χ0n) is 14.3. The van der Waals surface area contributed by atoms with Crippen LogP contribution in [0.2, 0.25) is 0 Å². The Labute approximate surface area is 151 Å². The summed E-state index contributed by atoms with van der Waals surface area (Å²) < 4.78 is 14.2. The van der Waals surface area contributed by atoms with Crippen molar-refractivity contribution in [2.75, 3.05) is 0 Å². The van der Waals surface area contributed by atoms with Crippen molar-refractivity contribution in [3.63, 3.8) is 0 Å². The number of hydrogen-bond donors (Lipinski definition) is 0. The minimum absolute atomic E-state index is 0.0964. The molecule has 3 saturated carbocycles. The fraction of sp³-hybridized carbons (Fsp3) is 0.700. The van der Waals surface area contributed by atoms with Gasteiger partial charge >= 0.3 is 0 Å². The lowest BCUT2D eigenvalue weighted by Crippen LogP contribution is -2.52. The lowest BCUT2D eigenvalue weighted by molar-refractivity contribution is -0.134. The fourth-order valence-corrected chi connectivity index (χ4v) is 7.15. The summed E-state index contributed by atoms with van der Waals surface area (Å²) in [4.78, 5) is 24.4. The number of carbonyl (C=O) groups is 2. The number of rotatable bonds is 0. The number of halogens is 2. The van der Waals surface area contributed by atoms with Crippen molar-refractivity contribution in [2.24, 2.45) is 28.6 Å². The zero-order chi connectivity index (χ0) is 17.4. The minimum atomic E-state index is -1.30. The van der Waals surface area contributed by atoms with Crippen LogP contribution in [0.4, 0.5) is 4.39 Å². The van der Waals surface area contributed by atoms with Gasteiger partial charge in [-0.05, 0) is 66.9 Å². The molecule has 0 amide bonds. The fourth-order valence-electron chi connectivity index (χ4n) is 6.34. The molecule has 3 fully saturated rings. The predicted molar refractivity (Wildman–Crippen MR) is 94.6 cm³/mol. The second-order valence-corrected chi connectivity index (χ2v) is 9.86. The molecule has 2 nitrogen and oxygen atoms in total. The van der Waals surface area contributed by atoms with Crippen LogP contribution in [0, 0.1) is 28.6 Å². The number of hydrogen-bond acceptors (Lipinski definition) is 2. The van der Waals surface area contributed by atoms with E-state index in [0.717, 1.165) is 36.8 Å². The third-order valence-corrected chi connectivity index (χ3v) is 8.41. The molecule has 0 aliphatic heterocycles. The molecule has 24 heavy (non-hydrogen) atoms. The van der Waals surface area contributed by atoms with Crippen molar-refractivity contribution >= 4 is 27.5 Å². The van der Waals surface area contributed by atoms with E-state index in [0.29, 0.717) is 18.3 Å². The third-order valence-electron chi connectivity index (χ3n) is 7.63. The van der Waals surface area contributed by atoms with Crippen molar-refractivity contribution in [2.45, 2.75) is 57.0 Å². The number of allylic oxidation sites excluding steroid dienone is 2. The molecule has 4 aliphatic rings. The first-order valence-electron chi connectivity index (χ1n) is 8.95. The van der Waals surface area contributed by atoms with Gasteiger partial charge < -0.3 is 0 Å². The molecule has 7 atom stereocenters. The van der Waals surface area contributed by atoms with E-state index >= 15 is 0 Å². The van der Waals surface area contributed by atoms with Gasteiger partial charge in [-0.15, -0.1) is 0 Å². The molecule has 0 saturated heterocycles. The van der Waals surface area contributed by atoms with Gasteiger partial charge in [0, 0.05) is 5.41 Å². The molecule has 0 N–H and O–H groups in total. The summed E-state index contributed by atoms with van der Waals surface area (Å²) in [6.07, 6.45) is 4.14. The molecule has 2 unspecified atom stereocenters. The van der Waals surface area contributed by atoms with Gasteiger partial charge in [-0.3, -0.25) is 9.59 Å². The van der Waals surface area contributed by atoms with Gasteiger partial charge in [-0.25, -0.2) is 4.39 Å². The molecule has 4 rings (SSSR count). The summed E-state index contributed by atoms with van der Waals surface area (Å²) in [6.45, 7) is 8.47. The maximum Gasteiger partial charge on any atom is 0.173 e. The molecule has 0 bridgehead atoms. The van der Waals surface area contributed by atoms with E-state index in [2.05, 4.69) is 29.4 Å². The third kappa shape index (κ3) is 1.98. The van der Waals surface area contributed by atoms with Crippen LogP contribution in [0.15, 0.2) is 23.8 Å².